The molecule has 6 nitrogen and oxygen atoms in total. The molecular formula is C8H16FNO5S. The Hall–Kier alpha value is -0.730. The molecule has 1 heterocycles. The van der Waals surface area contributed by atoms with Crippen molar-refractivity contribution in [2.24, 2.45) is 0 Å². The molecule has 0 aromatic rings. The number of carbonyl (C=O) groups excluding carboxylic acids is 1. The molecule has 0 aliphatic carbocycles. The molecule has 0 unspecified atom stereocenters. The standard InChI is InChI=1S/C8H16NO2.FHO3S/c1-8(10)11-9(2)6-4-3-5-7-9;1-5(2,3)4/h3-7H2,1-2H3;(H,2,3,4)/q+1;/p-1. The lowest BCUT2D eigenvalue weighted by Gasteiger charge is -2.33. The van der Waals surface area contributed by atoms with Crippen LogP contribution in [0.4, 0.5) is 3.89 Å². The zero-order chi connectivity index (χ0) is 12.8. The minimum atomic E-state index is -5.42. The Kier molecular flexibility index (Phi) is 5.84. The van der Waals surface area contributed by atoms with Gasteiger partial charge in [0, 0.05) is 19.8 Å². The third kappa shape index (κ3) is 9.81. The van der Waals surface area contributed by atoms with Gasteiger partial charge in [-0.1, -0.05) is 0 Å². The number of halogens is 1. The summed E-state index contributed by atoms with van der Waals surface area (Å²) in [5.41, 5.74) is 0. The van der Waals surface area contributed by atoms with Crippen molar-refractivity contribution < 1.29 is 31.1 Å². The van der Waals surface area contributed by atoms with Crippen LogP contribution in [0.25, 0.3) is 0 Å². The Morgan fingerprint density at radius 2 is 1.69 bits per heavy atom. The number of hydrogen-bond acceptors (Lipinski definition) is 5. The van der Waals surface area contributed by atoms with E-state index >= 15 is 0 Å². The Labute approximate surface area is 94.6 Å². The summed E-state index contributed by atoms with van der Waals surface area (Å²) in [5, 5.41) is 0. The maximum atomic E-state index is 10.7. The molecule has 1 fully saturated rings. The summed E-state index contributed by atoms with van der Waals surface area (Å²) in [7, 11) is -3.44. The largest absolute Gasteiger partial charge is 0.722 e. The molecule has 1 rings (SSSR count). The average molecular weight is 257 g/mol. The van der Waals surface area contributed by atoms with Gasteiger partial charge in [0.05, 0.1) is 0 Å². The van der Waals surface area contributed by atoms with Gasteiger partial charge in [0.25, 0.3) is 10.5 Å². The fourth-order valence-corrected chi connectivity index (χ4v) is 1.58. The lowest BCUT2D eigenvalue weighted by atomic mass is 10.1. The van der Waals surface area contributed by atoms with Gasteiger partial charge in [-0.15, -0.1) is 8.53 Å². The predicted octanol–water partition coefficient (Wildman–Crippen LogP) is 0.511. The minimum absolute atomic E-state index is 0.172. The van der Waals surface area contributed by atoms with E-state index in [4.69, 9.17) is 17.8 Å². The van der Waals surface area contributed by atoms with Gasteiger partial charge in [-0.2, -0.15) is 0 Å². The minimum Gasteiger partial charge on any atom is -0.722 e. The molecular weight excluding hydrogens is 241 g/mol. The number of hydrogen-bond donors (Lipinski definition) is 0. The summed E-state index contributed by atoms with van der Waals surface area (Å²) in [4.78, 5) is 15.9. The van der Waals surface area contributed by atoms with Gasteiger partial charge in [-0.05, 0) is 6.42 Å². The van der Waals surface area contributed by atoms with Gasteiger partial charge in [0.2, 0.25) is 0 Å². The molecule has 0 aromatic heterocycles. The zero-order valence-electron chi connectivity index (χ0n) is 9.31. The fraction of sp³-hybridized carbons (Fsp3) is 0.875. The molecule has 0 saturated carbocycles. The molecule has 1 aliphatic rings. The Morgan fingerprint density at radius 1 is 1.31 bits per heavy atom. The highest BCUT2D eigenvalue weighted by atomic mass is 32.3. The van der Waals surface area contributed by atoms with E-state index in [1.54, 1.807) is 0 Å². The highest BCUT2D eigenvalue weighted by Gasteiger charge is 2.28. The van der Waals surface area contributed by atoms with Crippen LogP contribution < -0.4 is 0 Å². The topological polar surface area (TPSA) is 83.5 Å². The van der Waals surface area contributed by atoms with Crippen molar-refractivity contribution in [3.05, 3.63) is 0 Å². The first-order valence-corrected chi connectivity index (χ1v) is 6.13. The highest BCUT2D eigenvalue weighted by molar-refractivity contribution is 7.80. The maximum Gasteiger partial charge on any atom is 0.363 e. The van der Waals surface area contributed by atoms with Gasteiger partial charge in [0.1, 0.15) is 20.1 Å². The number of hydroxylamine groups is 3. The van der Waals surface area contributed by atoms with Crippen LogP contribution in [0.1, 0.15) is 26.2 Å². The van der Waals surface area contributed by atoms with E-state index in [-0.39, 0.29) is 5.97 Å². The number of nitrogens with zero attached hydrogens (tertiary/aromatic N) is 1. The first-order chi connectivity index (χ1) is 7.12. The van der Waals surface area contributed by atoms with Crippen molar-refractivity contribution in [2.45, 2.75) is 26.2 Å². The van der Waals surface area contributed by atoms with Crippen molar-refractivity contribution in [3.8, 4) is 0 Å². The van der Waals surface area contributed by atoms with E-state index in [2.05, 4.69) is 0 Å². The van der Waals surface area contributed by atoms with Crippen molar-refractivity contribution in [1.82, 2.24) is 0 Å². The quantitative estimate of drug-likeness (QED) is 0.388. The number of carbonyl (C=O) groups is 1. The molecule has 8 heteroatoms. The normalized spacial score (nSPS) is 19.2. The highest BCUT2D eigenvalue weighted by Crippen LogP contribution is 2.16. The second kappa shape index (κ2) is 6.12. The summed E-state index contributed by atoms with van der Waals surface area (Å²) in [6.45, 7) is 3.41. The number of piperidine rings is 1. The number of quaternary nitrogens is 1. The Balaban J connectivity index is 0.000000385. The molecule has 0 atom stereocenters. The number of likely N-dealkylation sites (tertiary alicyclic amines) is 1. The Bertz CT molecular complexity index is 315. The van der Waals surface area contributed by atoms with Gasteiger partial charge in [-0.25, -0.2) is 13.2 Å². The first-order valence-electron chi connectivity index (χ1n) is 4.82. The SMILES string of the molecule is CC(=O)O[N+]1(C)CCCCC1.O=S(=O)([O-])F. The van der Waals surface area contributed by atoms with Crippen molar-refractivity contribution in [3.63, 3.8) is 0 Å². The summed E-state index contributed by atoms with van der Waals surface area (Å²) in [6.07, 6.45) is 3.61. The number of rotatable bonds is 1. The monoisotopic (exact) mass is 257 g/mol. The lowest BCUT2D eigenvalue weighted by Crippen LogP contribution is -2.48. The third-order valence-corrected chi connectivity index (χ3v) is 2.11. The maximum absolute atomic E-state index is 10.7. The molecule has 0 radical (unpaired) electrons. The smallest absolute Gasteiger partial charge is 0.363 e. The molecule has 0 aromatic carbocycles. The van der Waals surface area contributed by atoms with Gasteiger partial charge >= 0.3 is 5.97 Å². The van der Waals surface area contributed by atoms with E-state index in [9.17, 15) is 8.68 Å². The van der Waals surface area contributed by atoms with Crippen LogP contribution >= 0.6 is 0 Å². The summed E-state index contributed by atoms with van der Waals surface area (Å²) in [5.74, 6) is -0.172. The average Bonchev–Trinajstić information content (AvgIpc) is 1.99. The molecule has 0 amide bonds. The van der Waals surface area contributed by atoms with E-state index < -0.39 is 10.5 Å². The molecule has 0 bridgehead atoms. The predicted molar refractivity (Wildman–Crippen MR) is 52.3 cm³/mol. The van der Waals surface area contributed by atoms with Crippen LogP contribution in [0.15, 0.2) is 0 Å². The van der Waals surface area contributed by atoms with Crippen LogP contribution in [-0.4, -0.2) is 43.7 Å². The molecule has 96 valence electrons. The lowest BCUT2D eigenvalue weighted by molar-refractivity contribution is -1.08. The van der Waals surface area contributed by atoms with Crippen molar-refractivity contribution in [1.29, 1.82) is 0 Å². The van der Waals surface area contributed by atoms with Gasteiger partial charge < -0.3 is 4.55 Å². The molecule has 1 aliphatic heterocycles. The first kappa shape index (κ1) is 15.3. The van der Waals surface area contributed by atoms with Crippen LogP contribution in [0.5, 0.6) is 0 Å². The second-order valence-electron chi connectivity index (χ2n) is 3.78. The van der Waals surface area contributed by atoms with Crippen LogP contribution in [0.2, 0.25) is 0 Å². The third-order valence-electron chi connectivity index (χ3n) is 2.11. The van der Waals surface area contributed by atoms with E-state index in [0.717, 1.165) is 13.1 Å². The van der Waals surface area contributed by atoms with Crippen LogP contribution in [0, 0.1) is 0 Å². The molecule has 16 heavy (non-hydrogen) atoms. The molecule has 1 saturated heterocycles. The van der Waals surface area contributed by atoms with Crippen molar-refractivity contribution in [2.75, 3.05) is 20.1 Å². The van der Waals surface area contributed by atoms with E-state index in [1.165, 1.54) is 26.2 Å². The second-order valence-corrected chi connectivity index (χ2v) is 4.57. The summed E-state index contributed by atoms with van der Waals surface area (Å²) >= 11 is 0. The summed E-state index contributed by atoms with van der Waals surface area (Å²) in [6, 6.07) is 0. The van der Waals surface area contributed by atoms with E-state index in [1.807, 2.05) is 7.05 Å². The molecule has 0 spiro atoms. The Morgan fingerprint density at radius 3 is 2.00 bits per heavy atom. The van der Waals surface area contributed by atoms with Crippen molar-refractivity contribution >= 4 is 16.5 Å². The fourth-order valence-electron chi connectivity index (χ4n) is 1.58. The van der Waals surface area contributed by atoms with Crippen LogP contribution in [-0.2, 0) is 20.1 Å². The van der Waals surface area contributed by atoms with Gasteiger partial charge in [0.15, 0.2) is 0 Å². The van der Waals surface area contributed by atoms with Gasteiger partial charge in [-0.3, -0.25) is 4.84 Å². The zero-order valence-corrected chi connectivity index (χ0v) is 10.1. The molecule has 0 N–H and O–H groups in total. The van der Waals surface area contributed by atoms with E-state index in [0.29, 0.717) is 4.65 Å². The van der Waals surface area contributed by atoms with Crippen LogP contribution in [0.3, 0.4) is 0 Å². The summed E-state index contributed by atoms with van der Waals surface area (Å²) < 4.78 is 35.8.